The van der Waals surface area contributed by atoms with Gasteiger partial charge in [0.05, 0.1) is 5.97 Å². The van der Waals surface area contributed by atoms with Crippen molar-refractivity contribution >= 4 is 5.97 Å². The van der Waals surface area contributed by atoms with Gasteiger partial charge in [-0.2, -0.15) is 0 Å². The molecule has 8 heteroatoms. The van der Waals surface area contributed by atoms with E-state index < -0.39 is 36.7 Å². The molecule has 1 aliphatic rings. The van der Waals surface area contributed by atoms with E-state index >= 15 is 0 Å². The summed E-state index contributed by atoms with van der Waals surface area (Å²) in [6.45, 7) is 2.43. The minimum absolute atomic E-state index is 0. The zero-order valence-corrected chi connectivity index (χ0v) is 15.3. The van der Waals surface area contributed by atoms with Crippen LogP contribution < -0.4 is 34.7 Å². The van der Waals surface area contributed by atoms with Gasteiger partial charge in [-0.1, -0.05) is 39.0 Å². The molecule has 0 radical (unpaired) electrons. The number of ether oxygens (including phenoxy) is 2. The molecule has 1 rings (SSSR count). The minimum Gasteiger partial charge on any atom is -0.547 e. The monoisotopic (exact) mass is 328 g/mol. The molecule has 5 atom stereocenters. The number of hydrogen-bond acceptors (Lipinski definition) is 7. The maximum absolute atomic E-state index is 10.8. The van der Waals surface area contributed by atoms with Crippen molar-refractivity contribution in [3.63, 3.8) is 0 Å². The summed E-state index contributed by atoms with van der Waals surface area (Å²) in [5, 5.41) is 39.6. The summed E-state index contributed by atoms with van der Waals surface area (Å²) in [6, 6.07) is 0. The molecule has 1 heterocycles. The first-order valence-corrected chi connectivity index (χ1v) is 7.51. The second kappa shape index (κ2) is 11.8. The molecular weight excluding hydrogens is 303 g/mol. The summed E-state index contributed by atoms with van der Waals surface area (Å²) in [7, 11) is 0. The third kappa shape index (κ3) is 6.80. The summed E-state index contributed by atoms with van der Waals surface area (Å²) in [4.78, 5) is 10.8. The topological polar surface area (TPSA) is 119 Å². The number of aliphatic hydroxyl groups excluding tert-OH is 3. The van der Waals surface area contributed by atoms with Crippen molar-refractivity contribution in [3.05, 3.63) is 0 Å². The van der Waals surface area contributed by atoms with Gasteiger partial charge in [-0.05, 0) is 6.42 Å². The van der Waals surface area contributed by atoms with E-state index in [1.807, 2.05) is 0 Å². The van der Waals surface area contributed by atoms with Gasteiger partial charge in [0.25, 0.3) is 0 Å². The number of hydrogen-bond donors (Lipinski definition) is 3. The fraction of sp³-hybridized carbons (Fsp3) is 0.929. The van der Waals surface area contributed by atoms with Crippen molar-refractivity contribution in [2.75, 3.05) is 6.61 Å². The molecule has 3 N–H and O–H groups in total. The number of aliphatic carboxylic acids is 1. The van der Waals surface area contributed by atoms with Crippen LogP contribution >= 0.6 is 0 Å². The van der Waals surface area contributed by atoms with E-state index in [9.17, 15) is 25.2 Å². The predicted molar refractivity (Wildman–Crippen MR) is 71.0 cm³/mol. The first kappa shape index (κ1) is 22.3. The van der Waals surface area contributed by atoms with Gasteiger partial charge in [0.1, 0.15) is 24.4 Å². The quantitative estimate of drug-likeness (QED) is 0.291. The van der Waals surface area contributed by atoms with E-state index in [4.69, 9.17) is 9.47 Å². The Labute approximate surface area is 152 Å². The first-order valence-electron chi connectivity index (χ1n) is 7.51. The van der Waals surface area contributed by atoms with E-state index in [1.54, 1.807) is 0 Å². The van der Waals surface area contributed by atoms with Crippen molar-refractivity contribution in [3.8, 4) is 0 Å². The van der Waals surface area contributed by atoms with Gasteiger partial charge in [0.2, 0.25) is 0 Å². The first-order chi connectivity index (χ1) is 9.99. The maximum Gasteiger partial charge on any atom is 1.00 e. The third-order valence-electron chi connectivity index (χ3n) is 3.58. The number of aliphatic hydroxyl groups is 3. The van der Waals surface area contributed by atoms with Gasteiger partial charge in [-0.25, -0.2) is 0 Å². The Morgan fingerprint density at radius 3 is 2.23 bits per heavy atom. The Hall–Kier alpha value is 0.270. The van der Waals surface area contributed by atoms with Crippen LogP contribution in [0.15, 0.2) is 0 Å². The second-order valence-electron chi connectivity index (χ2n) is 5.35. The van der Waals surface area contributed by atoms with Gasteiger partial charge in [0.15, 0.2) is 6.29 Å². The Bertz CT molecular complexity index is 316. The van der Waals surface area contributed by atoms with Gasteiger partial charge in [-0.15, -0.1) is 0 Å². The van der Waals surface area contributed by atoms with E-state index in [-0.39, 0.29) is 36.2 Å². The van der Waals surface area contributed by atoms with Crippen LogP contribution in [0.5, 0.6) is 0 Å². The molecule has 0 aromatic heterocycles. The molecule has 0 spiro atoms. The third-order valence-corrected chi connectivity index (χ3v) is 3.58. The van der Waals surface area contributed by atoms with E-state index in [2.05, 4.69) is 6.92 Å². The van der Waals surface area contributed by atoms with Crippen LogP contribution in [-0.4, -0.2) is 58.6 Å². The summed E-state index contributed by atoms with van der Waals surface area (Å²) < 4.78 is 10.2. The van der Waals surface area contributed by atoms with E-state index in [1.165, 1.54) is 12.8 Å². The molecule has 0 aliphatic carbocycles. The number of rotatable bonds is 9. The summed E-state index contributed by atoms with van der Waals surface area (Å²) in [5.74, 6) is -1.65. The Morgan fingerprint density at radius 1 is 1.05 bits per heavy atom. The SMILES string of the molecule is CCCCCCCCO[C@H]1O[C@H](C(=O)[O-])[C@@H](O)[C@H](O)[C@@H]1O.[Na+]. The molecule has 0 saturated carbocycles. The molecule has 0 unspecified atom stereocenters. The number of unbranched alkanes of at least 4 members (excludes halogenated alkanes) is 5. The molecule has 0 aromatic rings. The van der Waals surface area contributed by atoms with Crippen LogP contribution in [0.1, 0.15) is 45.4 Å². The zero-order chi connectivity index (χ0) is 15.8. The Balaban J connectivity index is 0.00000441. The molecule has 7 nitrogen and oxygen atoms in total. The zero-order valence-electron chi connectivity index (χ0n) is 13.3. The second-order valence-corrected chi connectivity index (χ2v) is 5.35. The van der Waals surface area contributed by atoms with Crippen LogP contribution in [0.25, 0.3) is 0 Å². The van der Waals surface area contributed by atoms with Crippen LogP contribution in [0.4, 0.5) is 0 Å². The maximum atomic E-state index is 10.8. The van der Waals surface area contributed by atoms with Crippen LogP contribution in [-0.2, 0) is 14.3 Å². The smallest absolute Gasteiger partial charge is 0.547 e. The summed E-state index contributed by atoms with van der Waals surface area (Å²) >= 11 is 0. The van der Waals surface area contributed by atoms with Crippen molar-refractivity contribution in [2.24, 2.45) is 0 Å². The van der Waals surface area contributed by atoms with Gasteiger partial charge >= 0.3 is 29.6 Å². The van der Waals surface area contributed by atoms with Crippen LogP contribution in [0.3, 0.4) is 0 Å². The minimum atomic E-state index is -1.74. The summed E-state index contributed by atoms with van der Waals surface area (Å²) in [6.07, 6.45) is -1.51. The largest absolute Gasteiger partial charge is 1.00 e. The van der Waals surface area contributed by atoms with Crippen molar-refractivity contribution < 1.29 is 64.3 Å². The molecule has 1 saturated heterocycles. The van der Waals surface area contributed by atoms with Gasteiger partial charge in [-0.3, -0.25) is 0 Å². The average Bonchev–Trinajstić information content (AvgIpc) is 2.45. The molecule has 22 heavy (non-hydrogen) atoms. The number of carboxylic acids is 1. The van der Waals surface area contributed by atoms with E-state index in [0.717, 1.165) is 25.7 Å². The molecule has 124 valence electrons. The number of carbonyl (C=O) groups excluding carboxylic acids is 1. The van der Waals surface area contributed by atoms with Crippen molar-refractivity contribution in [1.29, 1.82) is 0 Å². The van der Waals surface area contributed by atoms with Crippen molar-refractivity contribution in [1.82, 2.24) is 0 Å². The van der Waals surface area contributed by atoms with Crippen molar-refractivity contribution in [2.45, 2.75) is 76.2 Å². The standard InChI is InChI=1S/C14H26O7.Na/c1-2-3-4-5-6-7-8-20-14-11(17)9(15)10(16)12(21-14)13(18)19;/h9-12,14-17H,2-8H2,1H3,(H,18,19);/q;+1/p-1/t9-,10-,11-,12-,14-;/m0./s1. The molecule has 0 bridgehead atoms. The average molecular weight is 328 g/mol. The molecule has 1 aliphatic heterocycles. The van der Waals surface area contributed by atoms with E-state index in [0.29, 0.717) is 0 Å². The fourth-order valence-corrected chi connectivity index (χ4v) is 2.26. The van der Waals surface area contributed by atoms with Gasteiger partial charge in [0, 0.05) is 6.61 Å². The van der Waals surface area contributed by atoms with Gasteiger partial charge < -0.3 is 34.7 Å². The fourth-order valence-electron chi connectivity index (χ4n) is 2.26. The Morgan fingerprint density at radius 2 is 1.64 bits per heavy atom. The normalized spacial score (nSPS) is 31.5. The van der Waals surface area contributed by atoms with Crippen LogP contribution in [0.2, 0.25) is 0 Å². The number of carboxylic acid groups (broad SMARTS) is 1. The predicted octanol–water partition coefficient (Wildman–Crippen LogP) is -4.07. The molecule has 0 aromatic carbocycles. The molecular formula is C14H25NaO7. The number of carbonyl (C=O) groups is 1. The summed E-state index contributed by atoms with van der Waals surface area (Å²) in [5.41, 5.74) is 0. The molecule has 1 fully saturated rings. The van der Waals surface area contributed by atoms with Crippen LogP contribution in [0, 0.1) is 0 Å². The molecule has 0 amide bonds. The Kier molecular flexibility index (Phi) is 11.9.